The van der Waals surface area contributed by atoms with Crippen LogP contribution < -0.4 is 0 Å². The van der Waals surface area contributed by atoms with E-state index in [1.165, 1.54) is 19.3 Å². The van der Waals surface area contributed by atoms with Crippen LogP contribution in [-0.4, -0.2) is 0 Å². The van der Waals surface area contributed by atoms with Crippen LogP contribution in [0.3, 0.4) is 0 Å². The first kappa shape index (κ1) is 11.1. The van der Waals surface area contributed by atoms with Crippen LogP contribution in [0.5, 0.6) is 0 Å². The van der Waals surface area contributed by atoms with E-state index >= 15 is 0 Å². The number of rotatable bonds is 7. The first-order valence-electron chi connectivity index (χ1n) is 10.5. The molecule has 20 heavy (non-hydrogen) atoms. The van der Waals surface area contributed by atoms with Crippen molar-refractivity contribution < 1.29 is 5.48 Å². The molecule has 114 valence electrons. The van der Waals surface area contributed by atoms with E-state index in [2.05, 4.69) is 13.2 Å². The highest BCUT2D eigenvalue weighted by atomic mass is 14.4. The van der Waals surface area contributed by atoms with Crippen LogP contribution in [0.2, 0.25) is 0 Å². The molecule has 0 nitrogen and oxygen atoms in total. The van der Waals surface area contributed by atoms with E-state index in [-0.39, 0.29) is 5.92 Å². The van der Waals surface area contributed by atoms with E-state index in [1.807, 2.05) is 6.08 Å². The molecule has 0 aromatic carbocycles. The van der Waals surface area contributed by atoms with Gasteiger partial charge in [-0.15, -0.1) is 13.2 Å². The lowest BCUT2D eigenvalue weighted by Crippen LogP contribution is -2.25. The molecule has 2 fully saturated rings. The van der Waals surface area contributed by atoms with Crippen molar-refractivity contribution >= 4 is 0 Å². The van der Waals surface area contributed by atoms with E-state index in [4.69, 9.17) is 5.48 Å². The normalized spacial score (nSPS) is 42.6. The third-order valence-corrected chi connectivity index (χ3v) is 5.25. The molecule has 2 aliphatic carbocycles. The Kier molecular flexibility index (Phi) is 4.83. The van der Waals surface area contributed by atoms with Crippen molar-refractivity contribution in [3.05, 3.63) is 25.3 Å². The largest absolute Gasteiger partial charge is 0.103 e. The summed E-state index contributed by atoms with van der Waals surface area (Å²) in [7, 11) is 0. The van der Waals surface area contributed by atoms with Gasteiger partial charge in [-0.1, -0.05) is 37.7 Å². The minimum Gasteiger partial charge on any atom is -0.103 e. The smallest absolute Gasteiger partial charge is 0.0269 e. The van der Waals surface area contributed by atoms with E-state index in [1.54, 1.807) is 6.08 Å². The van der Waals surface area contributed by atoms with Crippen molar-refractivity contribution in [2.24, 2.45) is 23.7 Å². The second kappa shape index (κ2) is 8.70. The topological polar surface area (TPSA) is 0 Å². The van der Waals surface area contributed by atoms with Crippen LogP contribution in [0.4, 0.5) is 0 Å². The summed E-state index contributed by atoms with van der Waals surface area (Å²) in [5.41, 5.74) is 0. The van der Waals surface area contributed by atoms with Gasteiger partial charge < -0.3 is 0 Å². The zero-order valence-electron chi connectivity index (χ0n) is 16.9. The molecule has 2 rings (SSSR count). The van der Waals surface area contributed by atoms with Gasteiger partial charge in [0.05, 0.1) is 0 Å². The molecule has 0 radical (unpaired) electrons. The highest BCUT2D eigenvalue weighted by Gasteiger charge is 2.30. The Morgan fingerprint density at radius 3 is 1.80 bits per heavy atom. The Hall–Kier alpha value is -0.520. The molecule has 0 unspecified atom stereocenters. The first-order chi connectivity index (χ1) is 11.3. The maximum absolute atomic E-state index is 8.48. The molecule has 0 aromatic heterocycles. The third-order valence-electron chi connectivity index (χ3n) is 5.25. The molecule has 0 amide bonds. The van der Waals surface area contributed by atoms with E-state index in [0.717, 1.165) is 25.2 Å². The van der Waals surface area contributed by atoms with Crippen molar-refractivity contribution in [3.8, 4) is 0 Å². The maximum Gasteiger partial charge on any atom is 0.0269 e. The average molecular weight is 279 g/mol. The van der Waals surface area contributed by atoms with Gasteiger partial charge >= 0.3 is 0 Å². The molecule has 0 N–H and O–H groups in total. The van der Waals surface area contributed by atoms with Crippen molar-refractivity contribution in [1.82, 2.24) is 0 Å². The molecule has 0 heteroatoms. The van der Waals surface area contributed by atoms with E-state index < -0.39 is 18.7 Å². The lowest BCUT2D eigenvalue weighted by Gasteiger charge is -2.38. The van der Waals surface area contributed by atoms with Crippen molar-refractivity contribution in [2.75, 3.05) is 0 Å². The lowest BCUT2D eigenvalue weighted by molar-refractivity contribution is 0.142. The summed E-state index contributed by atoms with van der Waals surface area (Å²) >= 11 is 0. The SMILES string of the molecule is [2H]C1([2H])CC(C2CCC(CCC=C)CC2)CC([2H])([2H])C1CCC=C. The van der Waals surface area contributed by atoms with Crippen molar-refractivity contribution in [2.45, 2.75) is 77.0 Å². The maximum atomic E-state index is 8.48. The summed E-state index contributed by atoms with van der Waals surface area (Å²) in [6.45, 7) is 7.51. The van der Waals surface area contributed by atoms with Gasteiger partial charge in [0.15, 0.2) is 0 Å². The predicted molar refractivity (Wildman–Crippen MR) is 89.8 cm³/mol. The Morgan fingerprint density at radius 2 is 1.25 bits per heavy atom. The fourth-order valence-corrected chi connectivity index (χ4v) is 3.86. The summed E-state index contributed by atoms with van der Waals surface area (Å²) in [6.07, 6.45) is 10.4. The van der Waals surface area contributed by atoms with Gasteiger partial charge in [0.1, 0.15) is 0 Å². The summed E-state index contributed by atoms with van der Waals surface area (Å²) in [4.78, 5) is 0. The monoisotopic (exact) mass is 278 g/mol. The molecular formula is C20H34. The third kappa shape index (κ3) is 4.79. The van der Waals surface area contributed by atoms with Crippen LogP contribution in [0.25, 0.3) is 0 Å². The summed E-state index contributed by atoms with van der Waals surface area (Å²) in [6, 6.07) is 0. The summed E-state index contributed by atoms with van der Waals surface area (Å²) in [5, 5.41) is 0. The van der Waals surface area contributed by atoms with Gasteiger partial charge in [-0.25, -0.2) is 0 Å². The molecule has 0 heterocycles. The van der Waals surface area contributed by atoms with Crippen LogP contribution >= 0.6 is 0 Å². The van der Waals surface area contributed by atoms with Gasteiger partial charge in [0, 0.05) is 5.48 Å². The van der Waals surface area contributed by atoms with Gasteiger partial charge in [0.2, 0.25) is 0 Å². The molecule has 2 aliphatic rings. The number of hydrogen-bond acceptors (Lipinski definition) is 0. The second-order valence-electron chi connectivity index (χ2n) is 6.64. The summed E-state index contributed by atoms with van der Waals surface area (Å²) < 4.78 is 33.9. The van der Waals surface area contributed by atoms with E-state index in [0.29, 0.717) is 31.6 Å². The van der Waals surface area contributed by atoms with Gasteiger partial charge in [-0.3, -0.25) is 0 Å². The minimum absolute atomic E-state index is 0.204. The highest BCUT2D eigenvalue weighted by Crippen LogP contribution is 2.42. The van der Waals surface area contributed by atoms with E-state index in [9.17, 15) is 0 Å². The Balaban J connectivity index is 1.96. The molecule has 0 aliphatic heterocycles. The predicted octanol–water partition coefficient (Wildman–Crippen LogP) is 6.53. The summed E-state index contributed by atoms with van der Waals surface area (Å²) in [5.74, 6) is 1.01. The molecule has 0 bridgehead atoms. The number of allylic oxidation sites excluding steroid dienone is 2. The fraction of sp³-hybridized carbons (Fsp3) is 0.800. The Bertz CT molecular complexity index is 403. The highest BCUT2D eigenvalue weighted by molar-refractivity contribution is 4.83. The van der Waals surface area contributed by atoms with Gasteiger partial charge in [-0.2, -0.15) is 0 Å². The van der Waals surface area contributed by atoms with Crippen LogP contribution in [0.15, 0.2) is 25.3 Å². The molecule has 0 atom stereocenters. The Morgan fingerprint density at radius 1 is 0.750 bits per heavy atom. The molecular weight excluding hydrogens is 240 g/mol. The molecule has 0 saturated heterocycles. The van der Waals surface area contributed by atoms with Crippen LogP contribution in [0, 0.1) is 23.7 Å². The molecule has 0 aromatic rings. The first-order valence-corrected chi connectivity index (χ1v) is 8.52. The second-order valence-corrected chi connectivity index (χ2v) is 6.64. The quantitative estimate of drug-likeness (QED) is 0.464. The lowest BCUT2D eigenvalue weighted by atomic mass is 9.68. The minimum atomic E-state index is -1.39. The Labute approximate surface area is 132 Å². The van der Waals surface area contributed by atoms with Crippen LogP contribution in [-0.2, 0) is 0 Å². The zero-order valence-corrected chi connectivity index (χ0v) is 12.9. The average Bonchev–Trinajstić information content (AvgIpc) is 2.51. The van der Waals surface area contributed by atoms with Crippen LogP contribution in [0.1, 0.15) is 82.4 Å². The molecule has 2 saturated carbocycles. The van der Waals surface area contributed by atoms with Gasteiger partial charge in [-0.05, 0) is 75.0 Å². The van der Waals surface area contributed by atoms with Crippen molar-refractivity contribution in [1.29, 1.82) is 0 Å². The fourth-order valence-electron chi connectivity index (χ4n) is 3.86. The standard InChI is InChI=1S/C20H34/c1-3-5-7-17-9-13-19(14-10-17)20-15-11-18(12-16-20)8-6-4-2/h3-4,17-20H,1-2,5-16H2/i9D2,10D2. The number of hydrogen-bond donors (Lipinski definition) is 0. The zero-order chi connectivity index (χ0) is 17.8. The van der Waals surface area contributed by atoms with Gasteiger partial charge in [0.25, 0.3) is 0 Å². The molecule has 0 spiro atoms. The van der Waals surface area contributed by atoms with Crippen molar-refractivity contribution in [3.63, 3.8) is 0 Å².